The second kappa shape index (κ2) is 6.91. The Balaban J connectivity index is 2.05. The third-order valence-corrected chi connectivity index (χ3v) is 3.16. The van der Waals surface area contributed by atoms with E-state index >= 15 is 0 Å². The first-order valence-electron chi connectivity index (χ1n) is 6.55. The lowest BCUT2D eigenvalue weighted by molar-refractivity contribution is 0.0977. The molecule has 22 heavy (non-hydrogen) atoms. The highest BCUT2D eigenvalue weighted by molar-refractivity contribution is 7.80. The van der Waals surface area contributed by atoms with Gasteiger partial charge in [-0.3, -0.25) is 10.1 Å². The van der Waals surface area contributed by atoms with Crippen molar-refractivity contribution in [3.63, 3.8) is 0 Å². The molecule has 0 aliphatic rings. The van der Waals surface area contributed by atoms with Crippen molar-refractivity contribution in [3.8, 4) is 11.5 Å². The number of ether oxygens (including phenoxy) is 1. The van der Waals surface area contributed by atoms with Crippen molar-refractivity contribution in [1.82, 2.24) is 5.32 Å². The molecule has 0 fully saturated rings. The number of phenols is 1. The summed E-state index contributed by atoms with van der Waals surface area (Å²) in [4.78, 5) is 12.1. The number of thiocarbonyl (C=S) groups is 1. The number of phenolic OH excluding ortho intramolecular Hbond substituents is 1. The quantitative estimate of drug-likeness (QED) is 0.600. The lowest BCUT2D eigenvalue weighted by Crippen LogP contribution is -2.34. The van der Waals surface area contributed by atoms with Gasteiger partial charge in [0.2, 0.25) is 0 Å². The highest BCUT2D eigenvalue weighted by Crippen LogP contribution is 2.27. The van der Waals surface area contributed by atoms with Crippen LogP contribution in [0.5, 0.6) is 11.5 Å². The van der Waals surface area contributed by atoms with E-state index < -0.39 is 0 Å². The van der Waals surface area contributed by atoms with Gasteiger partial charge in [-0.05, 0) is 43.4 Å². The van der Waals surface area contributed by atoms with Gasteiger partial charge in [-0.15, -0.1) is 0 Å². The predicted molar refractivity (Wildman–Crippen MR) is 89.5 cm³/mol. The molecule has 0 aromatic heterocycles. The van der Waals surface area contributed by atoms with E-state index in [1.54, 1.807) is 30.3 Å². The topological polar surface area (TPSA) is 70.6 Å². The molecule has 3 N–H and O–H groups in total. The van der Waals surface area contributed by atoms with Gasteiger partial charge in [-0.1, -0.05) is 17.7 Å². The van der Waals surface area contributed by atoms with Gasteiger partial charge in [-0.25, -0.2) is 0 Å². The number of aryl methyl sites for hydroxylation is 1. The highest BCUT2D eigenvalue weighted by atomic mass is 32.1. The zero-order chi connectivity index (χ0) is 16.1. The Morgan fingerprint density at radius 3 is 2.68 bits per heavy atom. The largest absolute Gasteiger partial charge is 0.506 e. The molecule has 0 radical (unpaired) electrons. The Bertz CT molecular complexity index is 716. The zero-order valence-electron chi connectivity index (χ0n) is 12.2. The average molecular weight is 316 g/mol. The first kappa shape index (κ1) is 15.8. The van der Waals surface area contributed by atoms with Crippen molar-refractivity contribution in [3.05, 3.63) is 53.6 Å². The summed E-state index contributed by atoms with van der Waals surface area (Å²) in [5.41, 5.74) is 1.85. The summed E-state index contributed by atoms with van der Waals surface area (Å²) < 4.78 is 5.07. The van der Waals surface area contributed by atoms with Crippen molar-refractivity contribution < 1.29 is 14.6 Å². The number of amides is 1. The van der Waals surface area contributed by atoms with E-state index in [2.05, 4.69) is 10.6 Å². The maximum Gasteiger partial charge on any atom is 0.257 e. The number of hydrogen-bond acceptors (Lipinski definition) is 4. The predicted octanol–water partition coefficient (Wildman–Crippen LogP) is 2.84. The number of rotatable bonds is 3. The Labute approximate surface area is 133 Å². The molecule has 0 saturated carbocycles. The molecule has 0 spiro atoms. The lowest BCUT2D eigenvalue weighted by Gasteiger charge is -2.12. The first-order chi connectivity index (χ1) is 10.5. The smallest absolute Gasteiger partial charge is 0.257 e. The van der Waals surface area contributed by atoms with Crippen LogP contribution in [0.25, 0.3) is 0 Å². The maximum absolute atomic E-state index is 12.1. The molecule has 0 atom stereocenters. The van der Waals surface area contributed by atoms with Crippen LogP contribution in [0.2, 0.25) is 0 Å². The van der Waals surface area contributed by atoms with Crippen LogP contribution in [0.4, 0.5) is 5.69 Å². The lowest BCUT2D eigenvalue weighted by atomic mass is 10.1. The Hall–Kier alpha value is -2.60. The molecule has 1 amide bonds. The number of nitrogens with one attached hydrogen (secondary N) is 2. The molecule has 0 heterocycles. The molecule has 2 aromatic rings. The van der Waals surface area contributed by atoms with Gasteiger partial charge in [0.1, 0.15) is 11.5 Å². The van der Waals surface area contributed by atoms with Crippen LogP contribution in [-0.4, -0.2) is 23.2 Å². The number of anilines is 1. The van der Waals surface area contributed by atoms with E-state index in [0.717, 1.165) is 5.56 Å². The van der Waals surface area contributed by atoms with Crippen LogP contribution < -0.4 is 15.4 Å². The minimum atomic E-state index is -0.316. The Morgan fingerprint density at radius 1 is 1.23 bits per heavy atom. The van der Waals surface area contributed by atoms with E-state index in [0.29, 0.717) is 17.0 Å². The molecule has 5 nitrogen and oxygen atoms in total. The molecule has 0 aliphatic carbocycles. The minimum Gasteiger partial charge on any atom is -0.506 e. The van der Waals surface area contributed by atoms with Crippen LogP contribution in [0, 0.1) is 6.92 Å². The van der Waals surface area contributed by atoms with Crippen LogP contribution >= 0.6 is 12.2 Å². The van der Waals surface area contributed by atoms with Gasteiger partial charge in [0.15, 0.2) is 5.11 Å². The average Bonchev–Trinajstić information content (AvgIpc) is 2.49. The van der Waals surface area contributed by atoms with Crippen molar-refractivity contribution in [2.45, 2.75) is 6.92 Å². The van der Waals surface area contributed by atoms with E-state index in [9.17, 15) is 9.90 Å². The number of benzene rings is 2. The number of aromatic hydroxyl groups is 1. The molecule has 0 aliphatic heterocycles. The Morgan fingerprint density at radius 2 is 2.00 bits per heavy atom. The fourth-order valence-electron chi connectivity index (χ4n) is 1.86. The molecule has 6 heteroatoms. The number of carbonyl (C=O) groups excluding carboxylic acids is 1. The molecule has 2 rings (SSSR count). The van der Waals surface area contributed by atoms with Crippen molar-refractivity contribution in [1.29, 1.82) is 0 Å². The van der Waals surface area contributed by atoms with E-state index in [1.165, 1.54) is 13.2 Å². The number of methoxy groups -OCH3 is 1. The van der Waals surface area contributed by atoms with Gasteiger partial charge in [-0.2, -0.15) is 0 Å². The highest BCUT2D eigenvalue weighted by Gasteiger charge is 2.10. The first-order valence-corrected chi connectivity index (χ1v) is 6.96. The summed E-state index contributed by atoms with van der Waals surface area (Å²) in [5.74, 6) is 0.254. The molecular weight excluding hydrogens is 300 g/mol. The number of carbonyl (C=O) groups is 1. The van der Waals surface area contributed by atoms with E-state index in [4.69, 9.17) is 17.0 Å². The second-order valence-electron chi connectivity index (χ2n) is 4.66. The zero-order valence-corrected chi connectivity index (χ0v) is 13.0. The molecule has 114 valence electrons. The Kier molecular flexibility index (Phi) is 4.95. The summed E-state index contributed by atoms with van der Waals surface area (Å²) in [7, 11) is 1.52. The van der Waals surface area contributed by atoms with Gasteiger partial charge >= 0.3 is 0 Å². The van der Waals surface area contributed by atoms with Crippen molar-refractivity contribution in [2.75, 3.05) is 12.4 Å². The van der Waals surface area contributed by atoms with Crippen LogP contribution in [0.15, 0.2) is 42.5 Å². The summed E-state index contributed by atoms with van der Waals surface area (Å²) in [6, 6.07) is 11.9. The van der Waals surface area contributed by atoms with Crippen LogP contribution in [0.3, 0.4) is 0 Å². The van der Waals surface area contributed by atoms with Crippen molar-refractivity contribution in [2.24, 2.45) is 0 Å². The van der Waals surface area contributed by atoms with Crippen molar-refractivity contribution >= 4 is 28.9 Å². The molecular formula is C16H16N2O3S. The summed E-state index contributed by atoms with van der Waals surface area (Å²) in [6.45, 7) is 1.90. The third-order valence-electron chi connectivity index (χ3n) is 2.96. The summed E-state index contributed by atoms with van der Waals surface area (Å²) in [6.07, 6.45) is 0. The monoisotopic (exact) mass is 316 g/mol. The van der Waals surface area contributed by atoms with Gasteiger partial charge in [0, 0.05) is 11.6 Å². The molecule has 2 aromatic carbocycles. The fourth-order valence-corrected chi connectivity index (χ4v) is 2.06. The SMILES string of the molecule is COc1ccc(O)c(NC(=S)NC(=O)c2cccc(C)c2)c1. The minimum absolute atomic E-state index is 0.00737. The van der Waals surface area contributed by atoms with Gasteiger partial charge < -0.3 is 15.2 Å². The summed E-state index contributed by atoms with van der Waals surface area (Å²) in [5, 5.41) is 15.2. The van der Waals surface area contributed by atoms with Gasteiger partial charge in [0.25, 0.3) is 5.91 Å². The van der Waals surface area contributed by atoms with Gasteiger partial charge in [0.05, 0.1) is 12.8 Å². The third kappa shape index (κ3) is 3.95. The van der Waals surface area contributed by atoms with Crippen LogP contribution in [0.1, 0.15) is 15.9 Å². The molecule has 0 bridgehead atoms. The molecule has 0 unspecified atom stereocenters. The molecule has 0 saturated heterocycles. The van der Waals surface area contributed by atoms with E-state index in [-0.39, 0.29) is 16.8 Å². The second-order valence-corrected chi connectivity index (χ2v) is 5.07. The number of hydrogen-bond donors (Lipinski definition) is 3. The summed E-state index contributed by atoms with van der Waals surface area (Å²) >= 11 is 5.09. The van der Waals surface area contributed by atoms with Crippen LogP contribution in [-0.2, 0) is 0 Å². The standard InChI is InChI=1S/C16H16N2O3S/c1-10-4-3-5-11(8-10)15(20)18-16(22)17-13-9-12(21-2)6-7-14(13)19/h3-9,19H,1-2H3,(H2,17,18,20,22). The normalized spacial score (nSPS) is 9.91. The maximum atomic E-state index is 12.1. The fraction of sp³-hybridized carbons (Fsp3) is 0.125. The van der Waals surface area contributed by atoms with E-state index in [1.807, 2.05) is 13.0 Å².